The minimum absolute atomic E-state index is 0.128. The maximum atomic E-state index is 11.6. The van der Waals surface area contributed by atoms with Gasteiger partial charge in [0.2, 0.25) is 20.9 Å². The number of carbonyl (C=O) groups is 1. The van der Waals surface area contributed by atoms with Crippen LogP contribution in [0, 0.1) is 0 Å². The Morgan fingerprint density at radius 3 is 2.83 bits per heavy atom. The number of benzene rings is 1. The molecule has 0 saturated heterocycles. The van der Waals surface area contributed by atoms with Crippen molar-refractivity contribution in [1.82, 2.24) is 30.3 Å². The molecule has 124 valence electrons. The van der Waals surface area contributed by atoms with Crippen LogP contribution in [-0.4, -0.2) is 45.5 Å². The lowest BCUT2D eigenvalue weighted by atomic mass is 10.2. The Hall–Kier alpha value is -2.88. The molecule has 0 unspecified atom stereocenters. The number of hydrogen-bond acceptors (Lipinski definition) is 7. The van der Waals surface area contributed by atoms with Gasteiger partial charge in [-0.2, -0.15) is 9.67 Å². The molecule has 2 aromatic heterocycles. The van der Waals surface area contributed by atoms with E-state index in [0.717, 1.165) is 11.8 Å². The van der Waals surface area contributed by atoms with E-state index < -0.39 is 9.84 Å². The molecule has 0 saturated carbocycles. The number of rotatable bonds is 4. The Kier molecular flexibility index (Phi) is 3.97. The summed E-state index contributed by atoms with van der Waals surface area (Å²) in [5, 5.41) is 10.4. The minimum Gasteiger partial charge on any atom is -0.352 e. The Morgan fingerprint density at radius 2 is 2.12 bits per heavy atom. The molecule has 1 amide bonds. The molecule has 0 bridgehead atoms. The Balaban J connectivity index is 2.06. The first kappa shape index (κ1) is 16.0. The Labute approximate surface area is 137 Å². The summed E-state index contributed by atoms with van der Waals surface area (Å²) >= 11 is 0. The highest BCUT2D eigenvalue weighted by Crippen LogP contribution is 2.16. The summed E-state index contributed by atoms with van der Waals surface area (Å²) in [6.07, 6.45) is 2.36. The molecular weight excluding hydrogens is 332 g/mol. The predicted octanol–water partition coefficient (Wildman–Crippen LogP) is 0.250. The molecule has 0 atom stereocenters. The molecule has 1 aromatic carbocycles. The van der Waals surface area contributed by atoms with Crippen molar-refractivity contribution in [2.24, 2.45) is 0 Å². The number of amides is 1. The number of sulfone groups is 1. The fourth-order valence-electron chi connectivity index (χ4n) is 2.09. The third kappa shape index (κ3) is 3.23. The van der Waals surface area contributed by atoms with E-state index in [1.54, 1.807) is 12.1 Å². The van der Waals surface area contributed by atoms with Gasteiger partial charge in [0.15, 0.2) is 11.2 Å². The van der Waals surface area contributed by atoms with Crippen LogP contribution < -0.4 is 5.32 Å². The van der Waals surface area contributed by atoms with Crippen LogP contribution >= 0.6 is 0 Å². The van der Waals surface area contributed by atoms with Crippen molar-refractivity contribution >= 4 is 26.9 Å². The number of hydrogen-bond donors (Lipinski definition) is 1. The van der Waals surface area contributed by atoms with Crippen LogP contribution in [0.25, 0.3) is 16.9 Å². The SMILES string of the molecule is CC(=O)NCc1cccc(-n2nnc3cnc(S(C)(=O)=O)nc32)c1. The first-order valence-electron chi connectivity index (χ1n) is 6.97. The van der Waals surface area contributed by atoms with Gasteiger partial charge in [0.25, 0.3) is 0 Å². The zero-order valence-electron chi connectivity index (χ0n) is 13.0. The van der Waals surface area contributed by atoms with Crippen molar-refractivity contribution in [2.75, 3.05) is 6.26 Å². The average Bonchev–Trinajstić information content (AvgIpc) is 2.95. The molecule has 0 aliphatic rings. The van der Waals surface area contributed by atoms with E-state index in [2.05, 4.69) is 25.6 Å². The zero-order chi connectivity index (χ0) is 17.3. The van der Waals surface area contributed by atoms with Crippen molar-refractivity contribution in [3.8, 4) is 5.69 Å². The first-order valence-corrected chi connectivity index (χ1v) is 8.86. The molecule has 0 spiro atoms. The summed E-state index contributed by atoms with van der Waals surface area (Å²) in [7, 11) is -3.54. The third-order valence-corrected chi connectivity index (χ3v) is 4.06. The third-order valence-electron chi connectivity index (χ3n) is 3.20. The average molecular weight is 346 g/mol. The van der Waals surface area contributed by atoms with Crippen LogP contribution in [0.4, 0.5) is 0 Å². The van der Waals surface area contributed by atoms with Crippen LogP contribution in [0.1, 0.15) is 12.5 Å². The van der Waals surface area contributed by atoms with E-state index in [9.17, 15) is 13.2 Å². The number of nitrogens with one attached hydrogen (secondary N) is 1. The maximum absolute atomic E-state index is 11.6. The monoisotopic (exact) mass is 346 g/mol. The maximum Gasteiger partial charge on any atom is 0.248 e. The van der Waals surface area contributed by atoms with Gasteiger partial charge in [0.05, 0.1) is 11.9 Å². The molecule has 0 aliphatic carbocycles. The lowest BCUT2D eigenvalue weighted by molar-refractivity contribution is -0.119. The smallest absolute Gasteiger partial charge is 0.248 e. The summed E-state index contributed by atoms with van der Waals surface area (Å²) < 4.78 is 24.7. The highest BCUT2D eigenvalue weighted by Gasteiger charge is 2.16. The van der Waals surface area contributed by atoms with Gasteiger partial charge in [0.1, 0.15) is 0 Å². The number of carbonyl (C=O) groups excluding carboxylic acids is 1. The second kappa shape index (κ2) is 5.96. The first-order chi connectivity index (χ1) is 11.3. The van der Waals surface area contributed by atoms with E-state index in [4.69, 9.17) is 0 Å². The Bertz CT molecular complexity index is 1030. The summed E-state index contributed by atoms with van der Waals surface area (Å²) in [6.45, 7) is 1.82. The molecule has 3 rings (SSSR count). The second-order valence-corrected chi connectivity index (χ2v) is 7.12. The van der Waals surface area contributed by atoms with Gasteiger partial charge in [0, 0.05) is 19.7 Å². The van der Waals surface area contributed by atoms with Gasteiger partial charge in [-0.05, 0) is 17.7 Å². The summed E-state index contributed by atoms with van der Waals surface area (Å²) in [5.41, 5.74) is 2.19. The normalized spacial score (nSPS) is 11.6. The highest BCUT2D eigenvalue weighted by atomic mass is 32.2. The van der Waals surface area contributed by atoms with E-state index >= 15 is 0 Å². The molecule has 9 nitrogen and oxygen atoms in total. The van der Waals surface area contributed by atoms with Crippen LogP contribution in [0.3, 0.4) is 0 Å². The number of fused-ring (bicyclic) bond motifs is 1. The Morgan fingerprint density at radius 1 is 1.33 bits per heavy atom. The van der Waals surface area contributed by atoms with Gasteiger partial charge in [-0.1, -0.05) is 17.3 Å². The molecule has 0 aliphatic heterocycles. The van der Waals surface area contributed by atoms with Crippen molar-refractivity contribution < 1.29 is 13.2 Å². The molecule has 0 fully saturated rings. The fourth-order valence-corrected chi connectivity index (χ4v) is 2.59. The van der Waals surface area contributed by atoms with Crippen LogP contribution in [-0.2, 0) is 21.2 Å². The molecule has 24 heavy (non-hydrogen) atoms. The van der Waals surface area contributed by atoms with Crippen LogP contribution in [0.2, 0.25) is 0 Å². The van der Waals surface area contributed by atoms with Crippen LogP contribution in [0.5, 0.6) is 0 Å². The van der Waals surface area contributed by atoms with Crippen molar-refractivity contribution in [3.63, 3.8) is 0 Å². The second-order valence-electron chi connectivity index (χ2n) is 5.21. The topological polar surface area (TPSA) is 120 Å². The lowest BCUT2D eigenvalue weighted by Crippen LogP contribution is -2.18. The number of nitrogens with zero attached hydrogens (tertiary/aromatic N) is 5. The molecule has 1 N–H and O–H groups in total. The summed E-state index contributed by atoms with van der Waals surface area (Å²) in [4.78, 5) is 18.9. The van der Waals surface area contributed by atoms with Crippen molar-refractivity contribution in [1.29, 1.82) is 0 Å². The van der Waals surface area contributed by atoms with E-state index in [-0.39, 0.29) is 11.1 Å². The molecular formula is C14H14N6O3S. The predicted molar refractivity (Wildman–Crippen MR) is 85.1 cm³/mol. The lowest BCUT2D eigenvalue weighted by Gasteiger charge is -2.06. The quantitative estimate of drug-likeness (QED) is 0.672. The fraction of sp³-hybridized carbons (Fsp3) is 0.214. The van der Waals surface area contributed by atoms with Gasteiger partial charge in [-0.3, -0.25) is 4.79 Å². The molecule has 10 heteroatoms. The highest BCUT2D eigenvalue weighted by molar-refractivity contribution is 7.90. The zero-order valence-corrected chi connectivity index (χ0v) is 13.8. The van der Waals surface area contributed by atoms with E-state index in [1.807, 2.05) is 12.1 Å². The largest absolute Gasteiger partial charge is 0.352 e. The summed E-state index contributed by atoms with van der Waals surface area (Å²) in [6, 6.07) is 7.26. The van der Waals surface area contributed by atoms with Gasteiger partial charge < -0.3 is 5.32 Å². The summed E-state index contributed by atoms with van der Waals surface area (Å²) in [5.74, 6) is -0.128. The molecule has 3 aromatic rings. The molecule has 0 radical (unpaired) electrons. The van der Waals surface area contributed by atoms with Crippen molar-refractivity contribution in [2.45, 2.75) is 18.6 Å². The standard InChI is InChI=1S/C14H14N6O3S/c1-9(21)15-7-10-4-3-5-11(6-10)20-13-12(18-19-20)8-16-14(17-13)24(2,22)23/h3-6,8H,7H2,1-2H3,(H,15,21). The van der Waals surface area contributed by atoms with Crippen LogP contribution in [0.15, 0.2) is 35.6 Å². The van der Waals surface area contributed by atoms with E-state index in [0.29, 0.717) is 23.4 Å². The number of aromatic nitrogens is 5. The van der Waals surface area contributed by atoms with Gasteiger partial charge in [-0.25, -0.2) is 13.4 Å². The van der Waals surface area contributed by atoms with Gasteiger partial charge in [-0.15, -0.1) is 5.10 Å². The minimum atomic E-state index is -3.54. The van der Waals surface area contributed by atoms with E-state index in [1.165, 1.54) is 17.8 Å². The van der Waals surface area contributed by atoms with Gasteiger partial charge >= 0.3 is 0 Å². The van der Waals surface area contributed by atoms with Crippen molar-refractivity contribution in [3.05, 3.63) is 36.0 Å². The molecule has 2 heterocycles.